The Labute approximate surface area is 148 Å². The van der Waals surface area contributed by atoms with Gasteiger partial charge in [0.25, 0.3) is 5.91 Å². The predicted octanol–water partition coefficient (Wildman–Crippen LogP) is 4.35. The number of carbonyl (C=O) groups is 1. The first-order valence-corrected chi connectivity index (χ1v) is 8.31. The third kappa shape index (κ3) is 2.26. The molecule has 2 aromatic heterocycles. The molecule has 0 unspecified atom stereocenters. The molecular weight excluding hydrogens is 335 g/mol. The molecule has 3 N–H and O–H groups in total. The summed E-state index contributed by atoms with van der Waals surface area (Å²) < 4.78 is 19.4. The maximum absolute atomic E-state index is 13.3. The lowest BCUT2D eigenvalue weighted by Crippen LogP contribution is -2.18. The van der Waals surface area contributed by atoms with Crippen LogP contribution in [0.15, 0.2) is 40.9 Å². The molecule has 0 saturated heterocycles. The number of nitrogens with one attached hydrogen (secondary N) is 2. The Morgan fingerprint density at radius 1 is 1.31 bits per heavy atom. The summed E-state index contributed by atoms with van der Waals surface area (Å²) in [7, 11) is 1.53. The van der Waals surface area contributed by atoms with Crippen molar-refractivity contribution in [1.82, 2.24) is 10.3 Å². The number of fused-ring (bicyclic) bond motifs is 3. The van der Waals surface area contributed by atoms with Crippen molar-refractivity contribution in [3.63, 3.8) is 0 Å². The number of aromatic hydroxyl groups is 1. The second kappa shape index (κ2) is 5.91. The van der Waals surface area contributed by atoms with Gasteiger partial charge < -0.3 is 19.8 Å². The molecule has 132 valence electrons. The quantitative estimate of drug-likeness (QED) is 0.513. The fourth-order valence-electron chi connectivity index (χ4n) is 3.34. The zero-order valence-electron chi connectivity index (χ0n) is 14.3. The van der Waals surface area contributed by atoms with E-state index in [9.17, 15) is 14.3 Å². The number of phenols is 1. The monoisotopic (exact) mass is 352 g/mol. The van der Waals surface area contributed by atoms with Crippen LogP contribution >= 0.6 is 0 Å². The van der Waals surface area contributed by atoms with E-state index in [0.29, 0.717) is 33.4 Å². The van der Waals surface area contributed by atoms with Gasteiger partial charge in [0.1, 0.15) is 22.9 Å². The average Bonchev–Trinajstić information content (AvgIpc) is 3.23. The number of aryl methyl sites for hydroxylation is 1. The molecule has 0 fully saturated rings. The Balaban J connectivity index is 2.14. The lowest BCUT2D eigenvalue weighted by molar-refractivity contribution is 0.0964. The van der Waals surface area contributed by atoms with Crippen molar-refractivity contribution in [2.45, 2.75) is 13.3 Å². The van der Waals surface area contributed by atoms with Crippen molar-refractivity contribution < 1.29 is 18.7 Å². The van der Waals surface area contributed by atoms with Crippen LogP contribution in [0.2, 0.25) is 0 Å². The lowest BCUT2D eigenvalue weighted by Gasteiger charge is -2.02. The predicted molar refractivity (Wildman–Crippen MR) is 97.9 cm³/mol. The highest BCUT2D eigenvalue weighted by Crippen LogP contribution is 2.41. The van der Waals surface area contributed by atoms with Gasteiger partial charge in [0, 0.05) is 29.6 Å². The second-order valence-corrected chi connectivity index (χ2v) is 6.08. The topological polar surface area (TPSA) is 78.3 Å². The number of rotatable bonds is 3. The zero-order chi connectivity index (χ0) is 18.4. The van der Waals surface area contributed by atoms with Crippen molar-refractivity contribution >= 4 is 27.8 Å². The van der Waals surface area contributed by atoms with Crippen LogP contribution in [0.4, 0.5) is 4.39 Å². The summed E-state index contributed by atoms with van der Waals surface area (Å²) in [4.78, 5) is 15.6. The summed E-state index contributed by atoms with van der Waals surface area (Å²) in [6.07, 6.45) is 2.56. The minimum absolute atomic E-state index is 0.0452. The van der Waals surface area contributed by atoms with Crippen molar-refractivity contribution in [1.29, 1.82) is 0 Å². The first-order valence-electron chi connectivity index (χ1n) is 8.31. The molecule has 0 aliphatic heterocycles. The molecule has 0 bridgehead atoms. The van der Waals surface area contributed by atoms with Crippen molar-refractivity contribution in [2.24, 2.45) is 0 Å². The van der Waals surface area contributed by atoms with Gasteiger partial charge in [-0.2, -0.15) is 0 Å². The Morgan fingerprint density at radius 3 is 2.69 bits per heavy atom. The zero-order valence-corrected chi connectivity index (χ0v) is 14.3. The Morgan fingerprint density at radius 2 is 2.04 bits per heavy atom. The molecule has 0 spiro atoms. The van der Waals surface area contributed by atoms with E-state index < -0.39 is 0 Å². The number of aromatic nitrogens is 1. The number of carbonyl (C=O) groups excluding carboxylic acids is 1. The van der Waals surface area contributed by atoms with E-state index in [1.54, 1.807) is 12.1 Å². The van der Waals surface area contributed by atoms with E-state index in [2.05, 4.69) is 10.3 Å². The smallest absolute Gasteiger partial charge is 0.255 e. The van der Waals surface area contributed by atoms with Crippen molar-refractivity contribution in [3.8, 4) is 17.1 Å². The van der Waals surface area contributed by atoms with Gasteiger partial charge in [-0.3, -0.25) is 4.79 Å². The summed E-state index contributed by atoms with van der Waals surface area (Å²) in [5.41, 5.74) is 2.96. The largest absolute Gasteiger partial charge is 0.506 e. The molecule has 5 nitrogen and oxygen atoms in total. The van der Waals surface area contributed by atoms with Crippen LogP contribution in [0.3, 0.4) is 0 Å². The van der Waals surface area contributed by atoms with Crippen LogP contribution < -0.4 is 5.32 Å². The first kappa shape index (κ1) is 16.2. The number of H-pyrrole nitrogens is 1. The number of halogens is 1. The molecule has 0 aliphatic rings. The van der Waals surface area contributed by atoms with Crippen molar-refractivity contribution in [2.75, 3.05) is 7.05 Å². The summed E-state index contributed by atoms with van der Waals surface area (Å²) >= 11 is 0. The van der Waals surface area contributed by atoms with Gasteiger partial charge in [0.05, 0.1) is 11.1 Å². The van der Waals surface area contributed by atoms with Gasteiger partial charge >= 0.3 is 0 Å². The van der Waals surface area contributed by atoms with Crippen LogP contribution in [0.25, 0.3) is 33.2 Å². The van der Waals surface area contributed by atoms with Crippen LogP contribution in [0.5, 0.6) is 5.75 Å². The Hall–Kier alpha value is -3.28. The van der Waals surface area contributed by atoms with E-state index in [4.69, 9.17) is 4.42 Å². The second-order valence-electron chi connectivity index (χ2n) is 6.08. The molecule has 4 aromatic rings. The standard InChI is InChI=1S/C20H17FN2O3/c1-3-10-9-23-17-14(24)8-13-16(20(25)22-2)18(26-19(13)15(10)17)11-4-6-12(21)7-5-11/h4-9,23-24H,3H2,1-2H3,(H,22,25). The van der Waals surface area contributed by atoms with E-state index in [1.807, 2.05) is 13.1 Å². The van der Waals surface area contributed by atoms with Gasteiger partial charge in [-0.25, -0.2) is 4.39 Å². The highest BCUT2D eigenvalue weighted by Gasteiger charge is 2.25. The van der Waals surface area contributed by atoms with Gasteiger partial charge in [-0.05, 0) is 42.3 Å². The Kier molecular flexibility index (Phi) is 3.68. The van der Waals surface area contributed by atoms with E-state index in [-0.39, 0.29) is 17.5 Å². The molecule has 0 atom stereocenters. The van der Waals surface area contributed by atoms with E-state index in [0.717, 1.165) is 17.4 Å². The fourth-order valence-corrected chi connectivity index (χ4v) is 3.34. The molecule has 2 aromatic carbocycles. The number of benzene rings is 2. The van der Waals surface area contributed by atoms with Gasteiger partial charge in [0.15, 0.2) is 0 Å². The third-order valence-electron chi connectivity index (χ3n) is 4.61. The molecule has 0 saturated carbocycles. The number of aromatic amines is 1. The van der Waals surface area contributed by atoms with E-state index in [1.165, 1.54) is 25.2 Å². The average molecular weight is 352 g/mol. The van der Waals surface area contributed by atoms with Crippen LogP contribution in [0.1, 0.15) is 22.8 Å². The highest BCUT2D eigenvalue weighted by molar-refractivity contribution is 6.18. The molecule has 2 heterocycles. The number of amides is 1. The van der Waals surface area contributed by atoms with Crippen LogP contribution in [-0.4, -0.2) is 23.0 Å². The summed E-state index contributed by atoms with van der Waals surface area (Å²) in [6.45, 7) is 2.00. The number of hydrogen-bond acceptors (Lipinski definition) is 3. The van der Waals surface area contributed by atoms with Gasteiger partial charge in [-0.1, -0.05) is 6.92 Å². The molecule has 1 amide bonds. The molecule has 0 aliphatic carbocycles. The summed E-state index contributed by atoms with van der Waals surface area (Å²) in [5.74, 6) is -0.320. The number of hydrogen-bond donors (Lipinski definition) is 3. The van der Waals surface area contributed by atoms with Crippen LogP contribution in [-0.2, 0) is 6.42 Å². The SMILES string of the molecule is CCc1c[nH]c2c(O)cc3c(C(=O)NC)c(-c4ccc(F)cc4)oc3c12. The summed E-state index contributed by atoms with van der Waals surface area (Å²) in [5, 5.41) is 14.3. The molecular formula is C20H17FN2O3. The maximum atomic E-state index is 13.3. The fraction of sp³-hybridized carbons (Fsp3) is 0.150. The Bertz CT molecular complexity index is 1140. The maximum Gasteiger partial charge on any atom is 0.255 e. The normalized spacial score (nSPS) is 11.3. The highest BCUT2D eigenvalue weighted by atomic mass is 19.1. The van der Waals surface area contributed by atoms with Gasteiger partial charge in [0.2, 0.25) is 0 Å². The van der Waals surface area contributed by atoms with Crippen LogP contribution in [0, 0.1) is 5.82 Å². The van der Waals surface area contributed by atoms with Crippen molar-refractivity contribution in [3.05, 3.63) is 53.5 Å². The molecule has 4 rings (SSSR count). The number of phenolic OH excluding ortho intramolecular Hbond substituents is 1. The summed E-state index contributed by atoms with van der Waals surface area (Å²) in [6, 6.07) is 7.28. The lowest BCUT2D eigenvalue weighted by atomic mass is 10.0. The van der Waals surface area contributed by atoms with Gasteiger partial charge in [-0.15, -0.1) is 0 Å². The first-order chi connectivity index (χ1) is 12.5. The minimum atomic E-state index is -0.370. The molecule has 6 heteroatoms. The third-order valence-corrected chi connectivity index (χ3v) is 4.61. The molecule has 0 radical (unpaired) electrons. The number of furan rings is 1. The molecule has 26 heavy (non-hydrogen) atoms. The minimum Gasteiger partial charge on any atom is -0.506 e. The van der Waals surface area contributed by atoms with E-state index >= 15 is 0 Å².